The Morgan fingerprint density at radius 2 is 2.40 bits per heavy atom. The number of aromatic amines is 1. The van der Waals surface area contributed by atoms with Crippen molar-refractivity contribution in [3.8, 4) is 0 Å². The molecule has 6 heteroatoms. The van der Waals surface area contributed by atoms with Crippen molar-refractivity contribution in [3.63, 3.8) is 0 Å². The summed E-state index contributed by atoms with van der Waals surface area (Å²) in [6.07, 6.45) is 3.12. The molecule has 4 N–H and O–H groups in total. The third kappa shape index (κ3) is 4.26. The number of aryl methyl sites for hydroxylation is 1. The minimum absolute atomic E-state index is 0.285. The van der Waals surface area contributed by atoms with E-state index in [4.69, 9.17) is 5.73 Å². The average Bonchev–Trinajstić information content (AvgIpc) is 2.88. The predicted octanol–water partition coefficient (Wildman–Crippen LogP) is -0.288. The maximum atomic E-state index is 10.4. The Kier molecular flexibility index (Phi) is 3.84. The molecule has 1 fully saturated rings. The Bertz CT molecular complexity index is 344. The fourth-order valence-electron chi connectivity index (χ4n) is 0.890. The second-order valence-corrected chi connectivity index (χ2v) is 3.36. The number of nitrogens with two attached hydrogens (primary N) is 1. The van der Waals surface area contributed by atoms with Crippen molar-refractivity contribution in [1.29, 1.82) is 0 Å². The minimum atomic E-state index is -0.501. The topological polar surface area (TPSA) is 101 Å². The van der Waals surface area contributed by atoms with Crippen molar-refractivity contribution >= 4 is 12.3 Å². The summed E-state index contributed by atoms with van der Waals surface area (Å²) in [6, 6.07) is 2.13. The number of primary amides is 1. The average molecular weight is 210 g/mol. The van der Waals surface area contributed by atoms with Gasteiger partial charge in [0.05, 0.1) is 0 Å². The first kappa shape index (κ1) is 11.2. The number of rotatable bonds is 3. The second-order valence-electron chi connectivity index (χ2n) is 3.36. The van der Waals surface area contributed by atoms with Crippen LogP contribution in [0.3, 0.4) is 0 Å². The molecule has 0 atom stereocenters. The van der Waals surface area contributed by atoms with Gasteiger partial charge in [-0.05, 0) is 25.8 Å². The highest BCUT2D eigenvalue weighted by Gasteiger charge is 2.18. The molecule has 0 spiro atoms. The van der Waals surface area contributed by atoms with Crippen LogP contribution in [0.25, 0.3) is 0 Å². The highest BCUT2D eigenvalue weighted by atomic mass is 16.1. The smallest absolute Gasteiger partial charge is 0.269 e. The molecule has 0 unspecified atom stereocenters. The molecule has 1 aliphatic rings. The first-order chi connectivity index (χ1) is 7.13. The maximum Gasteiger partial charge on any atom is 0.269 e. The van der Waals surface area contributed by atoms with Crippen LogP contribution in [-0.4, -0.2) is 28.6 Å². The summed E-state index contributed by atoms with van der Waals surface area (Å²) < 4.78 is 0. The van der Waals surface area contributed by atoms with E-state index < -0.39 is 5.91 Å². The lowest BCUT2D eigenvalue weighted by atomic mass is 10.4. The molecule has 2 rings (SSSR count). The number of amides is 2. The van der Waals surface area contributed by atoms with Crippen LogP contribution in [0.1, 0.15) is 29.0 Å². The van der Waals surface area contributed by atoms with Crippen molar-refractivity contribution in [2.45, 2.75) is 25.8 Å². The van der Waals surface area contributed by atoms with Gasteiger partial charge in [0.15, 0.2) is 0 Å². The standard InChI is InChI=1S/C5H7N3O.C4H7NO/c1-3-2-4(5(6)9)8-7-3;6-3-5-4-1-2-4/h2H,1H3,(H2,6,9)(H,7,8);3-4H,1-2H2,(H,5,6). The van der Waals surface area contributed by atoms with Gasteiger partial charge in [-0.1, -0.05) is 0 Å². The van der Waals surface area contributed by atoms with Gasteiger partial charge in [0.1, 0.15) is 5.69 Å². The summed E-state index contributed by atoms with van der Waals surface area (Å²) in [6.45, 7) is 1.80. The monoisotopic (exact) mass is 210 g/mol. The molecule has 0 aromatic carbocycles. The number of carbonyl (C=O) groups is 2. The molecule has 1 aliphatic carbocycles. The van der Waals surface area contributed by atoms with Gasteiger partial charge in [0.25, 0.3) is 5.91 Å². The molecule has 0 radical (unpaired) electrons. The summed E-state index contributed by atoms with van der Waals surface area (Å²) in [5.41, 5.74) is 6.03. The van der Waals surface area contributed by atoms with Gasteiger partial charge in [-0.3, -0.25) is 14.7 Å². The first-order valence-corrected chi connectivity index (χ1v) is 4.65. The highest BCUT2D eigenvalue weighted by molar-refractivity contribution is 5.90. The molecule has 1 aromatic rings. The maximum absolute atomic E-state index is 10.4. The van der Waals surface area contributed by atoms with Gasteiger partial charge in [-0.25, -0.2) is 0 Å². The largest absolute Gasteiger partial charge is 0.364 e. The van der Waals surface area contributed by atoms with E-state index in [9.17, 15) is 9.59 Å². The quantitative estimate of drug-likeness (QED) is 0.597. The number of hydrogen-bond acceptors (Lipinski definition) is 3. The Balaban J connectivity index is 0.000000162. The SMILES string of the molecule is Cc1cc(C(N)=O)n[nH]1.O=CNC1CC1. The van der Waals surface area contributed by atoms with E-state index in [0.717, 1.165) is 12.1 Å². The van der Waals surface area contributed by atoms with E-state index in [2.05, 4.69) is 15.5 Å². The van der Waals surface area contributed by atoms with Gasteiger partial charge >= 0.3 is 0 Å². The molecule has 0 bridgehead atoms. The number of nitrogens with one attached hydrogen (secondary N) is 2. The fraction of sp³-hybridized carbons (Fsp3) is 0.444. The summed E-state index contributed by atoms with van der Waals surface area (Å²) in [4.78, 5) is 19.9. The van der Waals surface area contributed by atoms with E-state index in [0.29, 0.717) is 6.04 Å². The van der Waals surface area contributed by atoms with Crippen LogP contribution in [0.4, 0.5) is 0 Å². The van der Waals surface area contributed by atoms with Gasteiger partial charge < -0.3 is 11.1 Å². The zero-order chi connectivity index (χ0) is 11.3. The van der Waals surface area contributed by atoms with Crippen LogP contribution in [0.2, 0.25) is 0 Å². The Labute approximate surface area is 87.2 Å². The zero-order valence-electron chi connectivity index (χ0n) is 8.49. The lowest BCUT2D eigenvalue weighted by molar-refractivity contribution is -0.109. The summed E-state index contributed by atoms with van der Waals surface area (Å²) in [7, 11) is 0. The molecular weight excluding hydrogens is 196 g/mol. The van der Waals surface area contributed by atoms with Crippen LogP contribution in [-0.2, 0) is 4.79 Å². The normalized spacial score (nSPS) is 13.7. The van der Waals surface area contributed by atoms with Gasteiger partial charge in [0, 0.05) is 11.7 Å². The number of hydrogen-bond donors (Lipinski definition) is 3. The molecule has 1 aromatic heterocycles. The molecule has 0 aliphatic heterocycles. The molecule has 1 saturated carbocycles. The van der Waals surface area contributed by atoms with Gasteiger partial charge in [-0.15, -0.1) is 0 Å². The molecule has 6 nitrogen and oxygen atoms in total. The van der Waals surface area contributed by atoms with Crippen LogP contribution < -0.4 is 11.1 Å². The van der Waals surface area contributed by atoms with Crippen molar-refractivity contribution in [2.24, 2.45) is 5.73 Å². The zero-order valence-corrected chi connectivity index (χ0v) is 8.49. The van der Waals surface area contributed by atoms with Crippen molar-refractivity contribution in [2.75, 3.05) is 0 Å². The Morgan fingerprint density at radius 1 is 1.73 bits per heavy atom. The molecule has 82 valence electrons. The third-order valence-corrected chi connectivity index (χ3v) is 1.84. The van der Waals surface area contributed by atoms with Crippen LogP contribution >= 0.6 is 0 Å². The van der Waals surface area contributed by atoms with Crippen LogP contribution in [0, 0.1) is 6.92 Å². The van der Waals surface area contributed by atoms with E-state index in [-0.39, 0.29) is 5.69 Å². The number of nitrogens with zero attached hydrogens (tertiary/aromatic N) is 1. The van der Waals surface area contributed by atoms with E-state index in [1.807, 2.05) is 0 Å². The Morgan fingerprint density at radius 3 is 2.60 bits per heavy atom. The molecular formula is C9H14N4O2. The molecule has 15 heavy (non-hydrogen) atoms. The van der Waals surface area contributed by atoms with Crippen molar-refractivity contribution < 1.29 is 9.59 Å². The summed E-state index contributed by atoms with van der Waals surface area (Å²) in [5.74, 6) is -0.501. The molecule has 0 saturated heterocycles. The molecule has 2 amide bonds. The summed E-state index contributed by atoms with van der Waals surface area (Å²) in [5, 5.41) is 8.85. The van der Waals surface area contributed by atoms with E-state index in [1.54, 1.807) is 13.0 Å². The second kappa shape index (κ2) is 5.14. The third-order valence-electron chi connectivity index (χ3n) is 1.84. The van der Waals surface area contributed by atoms with Gasteiger partial charge in [0.2, 0.25) is 6.41 Å². The summed E-state index contributed by atoms with van der Waals surface area (Å²) >= 11 is 0. The van der Waals surface area contributed by atoms with Crippen LogP contribution in [0.15, 0.2) is 6.07 Å². The lowest BCUT2D eigenvalue weighted by Gasteiger charge is -1.82. The van der Waals surface area contributed by atoms with E-state index in [1.165, 1.54) is 12.8 Å². The lowest BCUT2D eigenvalue weighted by Crippen LogP contribution is -2.11. The van der Waals surface area contributed by atoms with Crippen molar-refractivity contribution in [3.05, 3.63) is 17.5 Å². The van der Waals surface area contributed by atoms with E-state index >= 15 is 0 Å². The predicted molar refractivity (Wildman–Crippen MR) is 54.1 cm³/mol. The number of carbonyl (C=O) groups excluding carboxylic acids is 2. The van der Waals surface area contributed by atoms with Gasteiger partial charge in [-0.2, -0.15) is 5.10 Å². The number of H-pyrrole nitrogens is 1. The minimum Gasteiger partial charge on any atom is -0.364 e. The number of aromatic nitrogens is 2. The first-order valence-electron chi connectivity index (χ1n) is 4.65. The van der Waals surface area contributed by atoms with Crippen LogP contribution in [0.5, 0.6) is 0 Å². The fourth-order valence-corrected chi connectivity index (χ4v) is 0.890. The molecule has 1 heterocycles. The van der Waals surface area contributed by atoms with Crippen molar-refractivity contribution in [1.82, 2.24) is 15.5 Å². The highest BCUT2D eigenvalue weighted by Crippen LogP contribution is 2.17. The Hall–Kier alpha value is -1.85.